The summed E-state index contributed by atoms with van der Waals surface area (Å²) >= 11 is 0. The zero-order valence-corrected chi connectivity index (χ0v) is 10.8. The molecule has 0 radical (unpaired) electrons. The number of phenols is 1. The molecule has 1 fully saturated rings. The van der Waals surface area contributed by atoms with Crippen LogP contribution in [-0.4, -0.2) is 36.2 Å². The Morgan fingerprint density at radius 3 is 2.89 bits per heavy atom. The van der Waals surface area contributed by atoms with Gasteiger partial charge in [0.2, 0.25) is 0 Å². The Bertz CT molecular complexity index is 456. The van der Waals surface area contributed by atoms with Crippen LogP contribution in [0.25, 0.3) is 0 Å². The van der Waals surface area contributed by atoms with Crippen LogP contribution in [0, 0.1) is 0 Å². The molecule has 5 heteroatoms. The quantitative estimate of drug-likeness (QED) is 0.623. The Balaban J connectivity index is 2.02. The third-order valence-corrected chi connectivity index (χ3v) is 3.12. The molecule has 0 aromatic heterocycles. The molecule has 0 spiro atoms. The number of methoxy groups -OCH3 is 1. The third kappa shape index (κ3) is 2.85. The Morgan fingerprint density at radius 1 is 1.56 bits per heavy atom. The predicted octanol–water partition coefficient (Wildman–Crippen LogP) is 1.31. The molecular weight excluding hydrogens is 230 g/mol. The first-order valence-electron chi connectivity index (χ1n) is 6.00. The summed E-state index contributed by atoms with van der Waals surface area (Å²) in [5.41, 5.74) is 6.86. The normalized spacial score (nSPS) is 15.6. The number of aliphatic imine (C=N–C) groups is 1. The van der Waals surface area contributed by atoms with Crippen molar-refractivity contribution in [2.24, 2.45) is 10.7 Å². The lowest BCUT2D eigenvalue weighted by Gasteiger charge is -2.16. The Morgan fingerprint density at radius 2 is 2.28 bits per heavy atom. The minimum Gasteiger partial charge on any atom is -0.504 e. The lowest BCUT2D eigenvalue weighted by Crippen LogP contribution is -2.35. The minimum atomic E-state index is 0.133. The predicted molar refractivity (Wildman–Crippen MR) is 70.8 cm³/mol. The van der Waals surface area contributed by atoms with Gasteiger partial charge in [-0.05, 0) is 30.5 Å². The first kappa shape index (κ1) is 12.5. The molecule has 0 atom stereocenters. The zero-order valence-electron chi connectivity index (χ0n) is 10.8. The van der Waals surface area contributed by atoms with Crippen molar-refractivity contribution in [3.05, 3.63) is 23.8 Å². The second-order valence-electron chi connectivity index (χ2n) is 4.52. The van der Waals surface area contributed by atoms with Crippen LogP contribution in [-0.2, 0) is 6.54 Å². The van der Waals surface area contributed by atoms with Gasteiger partial charge in [0.05, 0.1) is 13.7 Å². The molecule has 0 aliphatic heterocycles. The average Bonchev–Trinajstić information content (AvgIpc) is 3.20. The van der Waals surface area contributed by atoms with Crippen molar-refractivity contribution in [2.45, 2.75) is 25.4 Å². The highest BCUT2D eigenvalue weighted by molar-refractivity contribution is 5.78. The molecule has 0 unspecified atom stereocenters. The fourth-order valence-electron chi connectivity index (χ4n) is 1.75. The molecule has 1 aliphatic rings. The van der Waals surface area contributed by atoms with Crippen molar-refractivity contribution in [3.63, 3.8) is 0 Å². The molecule has 1 saturated carbocycles. The van der Waals surface area contributed by atoms with Gasteiger partial charge in [0.15, 0.2) is 17.5 Å². The fraction of sp³-hybridized carbons (Fsp3) is 0.462. The standard InChI is InChI=1S/C13H19N3O2/c1-16(10-4-5-10)13(14)15-8-9-3-6-11(17)12(7-9)18-2/h3,6-7,10,17H,4-5,8H2,1-2H3,(H2,14,15). The van der Waals surface area contributed by atoms with Crippen molar-refractivity contribution in [1.29, 1.82) is 0 Å². The van der Waals surface area contributed by atoms with Gasteiger partial charge in [0, 0.05) is 13.1 Å². The molecule has 5 nitrogen and oxygen atoms in total. The smallest absolute Gasteiger partial charge is 0.191 e. The van der Waals surface area contributed by atoms with Gasteiger partial charge in [-0.2, -0.15) is 0 Å². The second-order valence-corrected chi connectivity index (χ2v) is 4.52. The van der Waals surface area contributed by atoms with Crippen molar-refractivity contribution in [3.8, 4) is 11.5 Å². The highest BCUT2D eigenvalue weighted by Gasteiger charge is 2.27. The maximum atomic E-state index is 9.49. The fourth-order valence-corrected chi connectivity index (χ4v) is 1.75. The molecule has 1 aliphatic carbocycles. The SMILES string of the molecule is COc1cc(CN=C(N)N(C)C2CC2)ccc1O. The number of aromatic hydroxyl groups is 1. The topological polar surface area (TPSA) is 71.1 Å². The van der Waals surface area contributed by atoms with Gasteiger partial charge in [-0.3, -0.25) is 0 Å². The maximum absolute atomic E-state index is 9.49. The number of hydrogen-bond donors (Lipinski definition) is 2. The molecule has 2 rings (SSSR count). The van der Waals surface area contributed by atoms with Gasteiger partial charge < -0.3 is 20.5 Å². The van der Waals surface area contributed by atoms with Crippen LogP contribution in [0.2, 0.25) is 0 Å². The number of nitrogens with two attached hydrogens (primary N) is 1. The van der Waals surface area contributed by atoms with Crippen LogP contribution >= 0.6 is 0 Å². The highest BCUT2D eigenvalue weighted by atomic mass is 16.5. The van der Waals surface area contributed by atoms with E-state index in [1.807, 2.05) is 18.0 Å². The summed E-state index contributed by atoms with van der Waals surface area (Å²) in [7, 11) is 3.49. The van der Waals surface area contributed by atoms with Crippen molar-refractivity contribution in [2.75, 3.05) is 14.2 Å². The molecule has 0 saturated heterocycles. The van der Waals surface area contributed by atoms with Crippen molar-refractivity contribution in [1.82, 2.24) is 4.90 Å². The Hall–Kier alpha value is -1.91. The molecule has 98 valence electrons. The number of nitrogens with zero attached hydrogens (tertiary/aromatic N) is 2. The first-order valence-corrected chi connectivity index (χ1v) is 6.00. The zero-order chi connectivity index (χ0) is 13.1. The first-order chi connectivity index (χ1) is 8.61. The molecule has 1 aromatic carbocycles. The summed E-state index contributed by atoms with van der Waals surface area (Å²) in [5.74, 6) is 1.15. The minimum absolute atomic E-state index is 0.133. The van der Waals surface area contributed by atoms with E-state index in [2.05, 4.69) is 4.99 Å². The van der Waals surface area contributed by atoms with Crippen LogP contribution in [0.5, 0.6) is 11.5 Å². The van der Waals surface area contributed by atoms with Crippen molar-refractivity contribution < 1.29 is 9.84 Å². The van der Waals surface area contributed by atoms with E-state index in [4.69, 9.17) is 10.5 Å². The van der Waals surface area contributed by atoms with Gasteiger partial charge in [-0.25, -0.2) is 4.99 Å². The summed E-state index contributed by atoms with van der Waals surface area (Å²) < 4.78 is 5.05. The molecule has 3 N–H and O–H groups in total. The van der Waals surface area contributed by atoms with Crippen LogP contribution in [0.4, 0.5) is 0 Å². The Labute approximate surface area is 107 Å². The van der Waals surface area contributed by atoms with Gasteiger partial charge >= 0.3 is 0 Å². The summed E-state index contributed by atoms with van der Waals surface area (Å²) in [4.78, 5) is 6.36. The number of hydrogen-bond acceptors (Lipinski definition) is 3. The summed E-state index contributed by atoms with van der Waals surface area (Å²) in [6.07, 6.45) is 2.39. The number of rotatable bonds is 4. The molecular formula is C13H19N3O2. The average molecular weight is 249 g/mol. The highest BCUT2D eigenvalue weighted by Crippen LogP contribution is 2.27. The summed E-state index contributed by atoms with van der Waals surface area (Å²) in [6, 6.07) is 5.74. The van der Waals surface area contributed by atoms with E-state index in [0.717, 1.165) is 5.56 Å². The van der Waals surface area contributed by atoms with Gasteiger partial charge in [-0.15, -0.1) is 0 Å². The van der Waals surface area contributed by atoms with E-state index in [9.17, 15) is 5.11 Å². The second kappa shape index (κ2) is 5.16. The number of benzene rings is 1. The lowest BCUT2D eigenvalue weighted by atomic mass is 10.2. The maximum Gasteiger partial charge on any atom is 0.191 e. The lowest BCUT2D eigenvalue weighted by molar-refractivity contribution is 0.373. The summed E-state index contributed by atoms with van der Waals surface area (Å²) in [6.45, 7) is 0.486. The molecule has 0 bridgehead atoms. The van der Waals surface area contributed by atoms with E-state index < -0.39 is 0 Å². The Kier molecular flexibility index (Phi) is 3.60. The molecule has 18 heavy (non-hydrogen) atoms. The number of guanidine groups is 1. The monoisotopic (exact) mass is 249 g/mol. The van der Waals surface area contributed by atoms with Crippen LogP contribution in [0.15, 0.2) is 23.2 Å². The molecule has 1 aromatic rings. The van der Waals surface area contributed by atoms with Crippen molar-refractivity contribution >= 4 is 5.96 Å². The van der Waals surface area contributed by atoms with Gasteiger partial charge in [-0.1, -0.05) is 6.07 Å². The van der Waals surface area contributed by atoms with Crippen LogP contribution in [0.1, 0.15) is 18.4 Å². The van der Waals surface area contributed by atoms with Gasteiger partial charge in [0.1, 0.15) is 0 Å². The third-order valence-electron chi connectivity index (χ3n) is 3.12. The number of phenolic OH excluding ortho intramolecular Hbond substituents is 1. The van der Waals surface area contributed by atoms with Crippen LogP contribution in [0.3, 0.4) is 0 Å². The summed E-state index contributed by atoms with van der Waals surface area (Å²) in [5, 5.41) is 9.49. The van der Waals surface area contributed by atoms with Crippen LogP contribution < -0.4 is 10.5 Å². The van der Waals surface area contributed by atoms with Gasteiger partial charge in [0.25, 0.3) is 0 Å². The van der Waals surface area contributed by atoms with E-state index in [0.29, 0.717) is 24.3 Å². The van der Waals surface area contributed by atoms with E-state index in [1.165, 1.54) is 20.0 Å². The molecule has 0 heterocycles. The molecule has 0 amide bonds. The van der Waals surface area contributed by atoms with E-state index >= 15 is 0 Å². The van der Waals surface area contributed by atoms with E-state index in [-0.39, 0.29) is 5.75 Å². The van der Waals surface area contributed by atoms with E-state index in [1.54, 1.807) is 12.1 Å². The number of ether oxygens (including phenoxy) is 1. The largest absolute Gasteiger partial charge is 0.504 e.